The van der Waals surface area contributed by atoms with Gasteiger partial charge >= 0.3 is 0 Å². The van der Waals surface area contributed by atoms with Crippen LogP contribution in [0.5, 0.6) is 0 Å². The summed E-state index contributed by atoms with van der Waals surface area (Å²) in [6.45, 7) is 3.99. The third-order valence-electron chi connectivity index (χ3n) is 1.73. The van der Waals surface area contributed by atoms with Crippen LogP contribution in [0, 0.1) is 6.92 Å². The van der Waals surface area contributed by atoms with E-state index in [-0.39, 0.29) is 5.91 Å². The standard InChI is InChI=1S/C10H15NO2S/c1-7(12)6-11-10(13)5-9-4-3-8(2)14-9/h3-4,7,12H,5-6H2,1-2H3,(H,11,13). The SMILES string of the molecule is Cc1ccc(CC(=O)NCC(C)O)s1. The summed E-state index contributed by atoms with van der Waals surface area (Å²) in [6, 6.07) is 3.96. The highest BCUT2D eigenvalue weighted by Gasteiger charge is 2.05. The Bertz CT molecular complexity index is 307. The van der Waals surface area contributed by atoms with Gasteiger partial charge in [-0.2, -0.15) is 0 Å². The number of nitrogens with one attached hydrogen (secondary N) is 1. The fourth-order valence-corrected chi connectivity index (χ4v) is 1.95. The number of thiophene rings is 1. The molecule has 0 aliphatic rings. The van der Waals surface area contributed by atoms with Crippen LogP contribution >= 0.6 is 11.3 Å². The molecule has 0 aromatic carbocycles. The topological polar surface area (TPSA) is 49.3 Å². The molecule has 14 heavy (non-hydrogen) atoms. The lowest BCUT2D eigenvalue weighted by Crippen LogP contribution is -2.31. The zero-order chi connectivity index (χ0) is 10.6. The number of hydrogen-bond acceptors (Lipinski definition) is 3. The van der Waals surface area contributed by atoms with E-state index in [0.717, 1.165) is 4.88 Å². The first-order chi connectivity index (χ1) is 6.58. The summed E-state index contributed by atoms with van der Waals surface area (Å²) >= 11 is 1.63. The quantitative estimate of drug-likeness (QED) is 0.786. The second-order valence-electron chi connectivity index (χ2n) is 3.34. The van der Waals surface area contributed by atoms with Crippen molar-refractivity contribution in [1.29, 1.82) is 0 Å². The fourth-order valence-electron chi connectivity index (χ4n) is 1.06. The van der Waals surface area contributed by atoms with Crippen LogP contribution in [0.1, 0.15) is 16.7 Å². The molecule has 0 saturated carbocycles. The Morgan fingerprint density at radius 3 is 2.86 bits per heavy atom. The molecular formula is C10H15NO2S. The molecule has 1 aromatic rings. The minimum atomic E-state index is -0.482. The minimum Gasteiger partial charge on any atom is -0.392 e. The summed E-state index contributed by atoms with van der Waals surface area (Å²) in [5.74, 6) is -0.0345. The van der Waals surface area contributed by atoms with Gasteiger partial charge in [-0.3, -0.25) is 4.79 Å². The normalized spacial score (nSPS) is 12.5. The number of amides is 1. The van der Waals surface area contributed by atoms with E-state index >= 15 is 0 Å². The van der Waals surface area contributed by atoms with Crippen LogP contribution in [0.2, 0.25) is 0 Å². The van der Waals surface area contributed by atoms with E-state index in [4.69, 9.17) is 5.11 Å². The Hall–Kier alpha value is -0.870. The van der Waals surface area contributed by atoms with Crippen molar-refractivity contribution in [1.82, 2.24) is 5.32 Å². The van der Waals surface area contributed by atoms with E-state index in [2.05, 4.69) is 5.32 Å². The molecule has 1 unspecified atom stereocenters. The largest absolute Gasteiger partial charge is 0.392 e. The smallest absolute Gasteiger partial charge is 0.225 e. The molecule has 4 heteroatoms. The summed E-state index contributed by atoms with van der Waals surface area (Å²) in [5.41, 5.74) is 0. The summed E-state index contributed by atoms with van der Waals surface area (Å²) in [5, 5.41) is 11.6. The zero-order valence-electron chi connectivity index (χ0n) is 8.41. The summed E-state index contributed by atoms with van der Waals surface area (Å²) in [4.78, 5) is 13.6. The van der Waals surface area contributed by atoms with Gasteiger partial charge in [-0.1, -0.05) is 0 Å². The van der Waals surface area contributed by atoms with E-state index in [1.54, 1.807) is 18.3 Å². The van der Waals surface area contributed by atoms with Gasteiger partial charge in [-0.15, -0.1) is 11.3 Å². The van der Waals surface area contributed by atoms with Gasteiger partial charge in [0.05, 0.1) is 12.5 Å². The van der Waals surface area contributed by atoms with Crippen LogP contribution in [0.15, 0.2) is 12.1 Å². The molecule has 2 N–H and O–H groups in total. The molecule has 0 spiro atoms. The van der Waals surface area contributed by atoms with E-state index in [9.17, 15) is 4.79 Å². The molecule has 0 saturated heterocycles. The third kappa shape index (κ3) is 3.89. The highest BCUT2D eigenvalue weighted by Crippen LogP contribution is 2.15. The van der Waals surface area contributed by atoms with Crippen LogP contribution in [0.4, 0.5) is 0 Å². The van der Waals surface area contributed by atoms with Crippen molar-refractivity contribution in [2.75, 3.05) is 6.54 Å². The summed E-state index contributed by atoms with van der Waals surface area (Å²) in [6.07, 6.45) is -0.0744. The van der Waals surface area contributed by atoms with Crippen LogP contribution < -0.4 is 5.32 Å². The first-order valence-electron chi connectivity index (χ1n) is 4.58. The van der Waals surface area contributed by atoms with Crippen LogP contribution in [0.3, 0.4) is 0 Å². The minimum absolute atomic E-state index is 0.0345. The molecule has 0 bridgehead atoms. The Labute approximate surface area is 87.8 Å². The number of aliphatic hydroxyl groups excluding tert-OH is 1. The lowest BCUT2D eigenvalue weighted by molar-refractivity contribution is -0.120. The number of hydrogen-bond donors (Lipinski definition) is 2. The Morgan fingerprint density at radius 1 is 1.64 bits per heavy atom. The van der Waals surface area contributed by atoms with Gasteiger partial charge in [0.1, 0.15) is 0 Å². The molecule has 0 fully saturated rings. The first-order valence-corrected chi connectivity index (χ1v) is 5.39. The molecule has 0 radical (unpaired) electrons. The third-order valence-corrected chi connectivity index (χ3v) is 2.73. The average Bonchev–Trinajstić information content (AvgIpc) is 2.48. The van der Waals surface area contributed by atoms with Crippen LogP contribution in [-0.2, 0) is 11.2 Å². The van der Waals surface area contributed by atoms with Crippen molar-refractivity contribution < 1.29 is 9.90 Å². The van der Waals surface area contributed by atoms with E-state index < -0.39 is 6.10 Å². The number of carbonyl (C=O) groups excluding carboxylic acids is 1. The van der Waals surface area contributed by atoms with Gasteiger partial charge in [-0.05, 0) is 26.0 Å². The summed E-state index contributed by atoms with van der Waals surface area (Å²) in [7, 11) is 0. The molecular weight excluding hydrogens is 198 g/mol. The van der Waals surface area contributed by atoms with Crippen molar-refractivity contribution in [2.24, 2.45) is 0 Å². The number of aryl methyl sites for hydroxylation is 1. The van der Waals surface area contributed by atoms with Gasteiger partial charge < -0.3 is 10.4 Å². The maximum absolute atomic E-state index is 11.3. The number of rotatable bonds is 4. The molecule has 0 aliphatic heterocycles. The van der Waals surface area contributed by atoms with Gasteiger partial charge in [0, 0.05) is 16.3 Å². The maximum Gasteiger partial charge on any atom is 0.225 e. The Kier molecular flexibility index (Phi) is 4.10. The van der Waals surface area contributed by atoms with Crippen LogP contribution in [-0.4, -0.2) is 23.7 Å². The van der Waals surface area contributed by atoms with E-state index in [1.807, 2.05) is 19.1 Å². The highest BCUT2D eigenvalue weighted by atomic mass is 32.1. The van der Waals surface area contributed by atoms with E-state index in [1.165, 1.54) is 4.88 Å². The predicted octanol–water partition coefficient (Wildman–Crippen LogP) is 1.10. The van der Waals surface area contributed by atoms with Crippen LogP contribution in [0.25, 0.3) is 0 Å². The van der Waals surface area contributed by atoms with E-state index in [0.29, 0.717) is 13.0 Å². The molecule has 0 aliphatic carbocycles. The van der Waals surface area contributed by atoms with Crippen molar-refractivity contribution >= 4 is 17.2 Å². The molecule has 3 nitrogen and oxygen atoms in total. The van der Waals surface area contributed by atoms with Gasteiger partial charge in [-0.25, -0.2) is 0 Å². The second-order valence-corrected chi connectivity index (χ2v) is 4.71. The molecule has 1 amide bonds. The van der Waals surface area contributed by atoms with Crippen molar-refractivity contribution in [2.45, 2.75) is 26.4 Å². The van der Waals surface area contributed by atoms with Gasteiger partial charge in [0.2, 0.25) is 5.91 Å². The monoisotopic (exact) mass is 213 g/mol. The second kappa shape index (κ2) is 5.12. The first kappa shape index (κ1) is 11.2. The van der Waals surface area contributed by atoms with Crippen molar-refractivity contribution in [3.63, 3.8) is 0 Å². The molecule has 1 heterocycles. The van der Waals surface area contributed by atoms with Crippen molar-refractivity contribution in [3.8, 4) is 0 Å². The molecule has 1 aromatic heterocycles. The predicted molar refractivity (Wildman–Crippen MR) is 57.5 cm³/mol. The van der Waals surface area contributed by atoms with Crippen molar-refractivity contribution in [3.05, 3.63) is 21.9 Å². The zero-order valence-corrected chi connectivity index (χ0v) is 9.23. The molecule has 78 valence electrons. The lowest BCUT2D eigenvalue weighted by atomic mass is 10.3. The highest BCUT2D eigenvalue weighted by molar-refractivity contribution is 7.12. The number of aliphatic hydroxyl groups is 1. The fraction of sp³-hybridized carbons (Fsp3) is 0.500. The molecule has 1 atom stereocenters. The number of carbonyl (C=O) groups is 1. The summed E-state index contributed by atoms with van der Waals surface area (Å²) < 4.78 is 0. The van der Waals surface area contributed by atoms with Gasteiger partial charge in [0.25, 0.3) is 0 Å². The molecule has 1 rings (SSSR count). The average molecular weight is 213 g/mol. The van der Waals surface area contributed by atoms with Gasteiger partial charge in [0.15, 0.2) is 0 Å². The lowest BCUT2D eigenvalue weighted by Gasteiger charge is -2.05. The Morgan fingerprint density at radius 2 is 2.36 bits per heavy atom. The Balaban J connectivity index is 2.34. The maximum atomic E-state index is 11.3.